The number of allylic oxidation sites excluding steroid dienone is 12. The Bertz CT molecular complexity index is 1490. The number of carbonyl (C=O) groups excluding carboxylic acids is 3. The van der Waals surface area contributed by atoms with Crippen molar-refractivity contribution in [2.45, 2.75) is 374 Å². The van der Waals surface area contributed by atoms with E-state index in [1.54, 1.807) is 0 Å². The van der Waals surface area contributed by atoms with Gasteiger partial charge in [0.25, 0.3) is 0 Å². The molecular formula is C75H134O6. The van der Waals surface area contributed by atoms with Crippen LogP contribution in [0.1, 0.15) is 367 Å². The van der Waals surface area contributed by atoms with Gasteiger partial charge >= 0.3 is 17.9 Å². The molecule has 1 atom stereocenters. The van der Waals surface area contributed by atoms with E-state index in [4.69, 9.17) is 14.2 Å². The summed E-state index contributed by atoms with van der Waals surface area (Å²) in [7, 11) is 0. The van der Waals surface area contributed by atoms with E-state index in [-0.39, 0.29) is 31.1 Å². The maximum atomic E-state index is 13.0. The monoisotopic (exact) mass is 1130 g/mol. The second kappa shape index (κ2) is 69.3. The fourth-order valence-corrected chi connectivity index (χ4v) is 10.5. The highest BCUT2D eigenvalue weighted by atomic mass is 16.6. The lowest BCUT2D eigenvalue weighted by Gasteiger charge is -2.18. The Hall–Kier alpha value is -3.15. The molecule has 0 aliphatic carbocycles. The Balaban J connectivity index is 4.39. The first-order valence-corrected chi connectivity index (χ1v) is 35.4. The van der Waals surface area contributed by atoms with Crippen LogP contribution in [-0.2, 0) is 28.6 Å². The maximum Gasteiger partial charge on any atom is 0.306 e. The number of rotatable bonds is 65. The van der Waals surface area contributed by atoms with E-state index in [1.165, 1.54) is 218 Å². The van der Waals surface area contributed by atoms with E-state index < -0.39 is 6.10 Å². The quantitative estimate of drug-likeness (QED) is 0.0261. The number of carbonyl (C=O) groups is 3. The SMILES string of the molecule is CC/C=C\C/C=C\C/C=C\C/C=C\C/C=C\C/C=C\CCCCCCC(=O)OCC(COC(=O)CCCCCCCCCCCCCCCCCCCCCC)OC(=O)CCCCCCCCCCCCCCCCCCCCCC. The summed E-state index contributed by atoms with van der Waals surface area (Å²) in [5.41, 5.74) is 0. The van der Waals surface area contributed by atoms with Crippen LogP contribution in [0.15, 0.2) is 72.9 Å². The molecule has 0 fully saturated rings. The molecule has 470 valence electrons. The van der Waals surface area contributed by atoms with Gasteiger partial charge in [0.05, 0.1) is 0 Å². The van der Waals surface area contributed by atoms with Crippen LogP contribution in [0.25, 0.3) is 0 Å². The summed E-state index contributed by atoms with van der Waals surface area (Å²) >= 11 is 0. The summed E-state index contributed by atoms with van der Waals surface area (Å²) < 4.78 is 17.0. The lowest BCUT2D eigenvalue weighted by atomic mass is 10.0. The number of hydrogen-bond acceptors (Lipinski definition) is 6. The normalized spacial score (nSPS) is 12.5. The van der Waals surface area contributed by atoms with Crippen LogP contribution >= 0.6 is 0 Å². The molecule has 0 aromatic carbocycles. The highest BCUT2D eigenvalue weighted by Crippen LogP contribution is 2.18. The van der Waals surface area contributed by atoms with Crippen molar-refractivity contribution in [2.24, 2.45) is 0 Å². The van der Waals surface area contributed by atoms with Gasteiger partial charge < -0.3 is 14.2 Å². The molecule has 0 saturated heterocycles. The molecule has 6 nitrogen and oxygen atoms in total. The molecule has 0 bridgehead atoms. The minimum Gasteiger partial charge on any atom is -0.462 e. The third kappa shape index (κ3) is 67.5. The standard InChI is InChI=1S/C75H134O6/c1-4-7-10-13-16-19-22-25-28-31-34-37-38-39-42-44-47-50-53-56-59-62-65-68-74(77)80-71-72(81-75(78)69-66-63-60-57-54-51-48-45-41-36-33-30-27-24-21-18-15-12-9-6-3)70-79-73(76)67-64-61-58-55-52-49-46-43-40-35-32-29-26-23-20-17-14-11-8-5-2/h7,10,16,19,25,28,34,37,39,42,47,50,72H,4-6,8-9,11-15,17-18,20-24,26-27,29-33,35-36,38,40-41,43-46,48-49,51-71H2,1-3H3/b10-7-,19-16-,28-25-,37-34-,42-39-,50-47-. The zero-order chi connectivity index (χ0) is 58.5. The minimum absolute atomic E-state index is 0.0785. The van der Waals surface area contributed by atoms with Gasteiger partial charge in [-0.2, -0.15) is 0 Å². The Labute approximate surface area is 503 Å². The van der Waals surface area contributed by atoms with Crippen molar-refractivity contribution in [3.05, 3.63) is 72.9 Å². The average molecular weight is 1130 g/mol. The molecule has 0 N–H and O–H groups in total. The van der Waals surface area contributed by atoms with Gasteiger partial charge in [-0.25, -0.2) is 0 Å². The van der Waals surface area contributed by atoms with Crippen molar-refractivity contribution in [1.29, 1.82) is 0 Å². The third-order valence-corrected chi connectivity index (χ3v) is 15.7. The van der Waals surface area contributed by atoms with Crippen molar-refractivity contribution in [3.8, 4) is 0 Å². The van der Waals surface area contributed by atoms with E-state index in [1.807, 2.05) is 0 Å². The largest absolute Gasteiger partial charge is 0.462 e. The van der Waals surface area contributed by atoms with Crippen molar-refractivity contribution in [2.75, 3.05) is 13.2 Å². The highest BCUT2D eigenvalue weighted by Gasteiger charge is 2.19. The predicted octanol–water partition coefficient (Wildman–Crippen LogP) is 24.4. The van der Waals surface area contributed by atoms with Gasteiger partial charge in [0.15, 0.2) is 6.10 Å². The molecule has 6 heteroatoms. The lowest BCUT2D eigenvalue weighted by molar-refractivity contribution is -0.167. The van der Waals surface area contributed by atoms with Crippen LogP contribution in [-0.4, -0.2) is 37.2 Å². The number of hydrogen-bond donors (Lipinski definition) is 0. The van der Waals surface area contributed by atoms with Gasteiger partial charge in [0.2, 0.25) is 0 Å². The second-order valence-electron chi connectivity index (χ2n) is 23.8. The Morgan fingerprint density at radius 3 is 0.753 bits per heavy atom. The Kier molecular flexibility index (Phi) is 66.6. The van der Waals surface area contributed by atoms with Crippen molar-refractivity contribution in [3.63, 3.8) is 0 Å². The summed E-state index contributed by atoms with van der Waals surface area (Å²) in [6.45, 7) is 6.58. The summed E-state index contributed by atoms with van der Waals surface area (Å²) in [4.78, 5) is 38.5. The highest BCUT2D eigenvalue weighted by molar-refractivity contribution is 5.71. The van der Waals surface area contributed by atoms with Crippen molar-refractivity contribution >= 4 is 17.9 Å². The van der Waals surface area contributed by atoms with Gasteiger partial charge in [0.1, 0.15) is 13.2 Å². The fraction of sp³-hybridized carbons (Fsp3) is 0.800. The Morgan fingerprint density at radius 1 is 0.259 bits per heavy atom. The van der Waals surface area contributed by atoms with Gasteiger partial charge in [-0.1, -0.05) is 351 Å². The van der Waals surface area contributed by atoms with E-state index in [0.29, 0.717) is 19.3 Å². The molecular weight excluding hydrogens is 997 g/mol. The van der Waals surface area contributed by atoms with E-state index in [9.17, 15) is 14.4 Å². The van der Waals surface area contributed by atoms with E-state index >= 15 is 0 Å². The molecule has 0 aliphatic heterocycles. The molecule has 81 heavy (non-hydrogen) atoms. The molecule has 0 saturated carbocycles. The van der Waals surface area contributed by atoms with Crippen LogP contribution < -0.4 is 0 Å². The second-order valence-corrected chi connectivity index (χ2v) is 23.8. The van der Waals surface area contributed by atoms with Gasteiger partial charge in [-0.05, 0) is 70.6 Å². The van der Waals surface area contributed by atoms with Crippen LogP contribution in [0.4, 0.5) is 0 Å². The average Bonchev–Trinajstić information content (AvgIpc) is 3.47. The molecule has 1 unspecified atom stereocenters. The summed E-state index contributed by atoms with van der Waals surface area (Å²) in [6.07, 6.45) is 90.6. The fourth-order valence-electron chi connectivity index (χ4n) is 10.5. The predicted molar refractivity (Wildman–Crippen MR) is 353 cm³/mol. The van der Waals surface area contributed by atoms with Gasteiger partial charge in [-0.15, -0.1) is 0 Å². The molecule has 0 aliphatic rings. The summed E-state index contributed by atoms with van der Waals surface area (Å²) in [6, 6.07) is 0. The van der Waals surface area contributed by atoms with Gasteiger partial charge in [0, 0.05) is 19.3 Å². The summed E-state index contributed by atoms with van der Waals surface area (Å²) in [5.74, 6) is -0.879. The minimum atomic E-state index is -0.785. The molecule has 0 spiro atoms. The molecule has 0 aromatic rings. The lowest BCUT2D eigenvalue weighted by Crippen LogP contribution is -2.30. The van der Waals surface area contributed by atoms with Crippen molar-refractivity contribution in [1.82, 2.24) is 0 Å². The zero-order valence-corrected chi connectivity index (χ0v) is 54.1. The smallest absolute Gasteiger partial charge is 0.306 e. The first kappa shape index (κ1) is 77.9. The first-order valence-electron chi connectivity index (χ1n) is 35.4. The first-order chi connectivity index (χ1) is 40.0. The third-order valence-electron chi connectivity index (χ3n) is 15.7. The van der Waals surface area contributed by atoms with Crippen LogP contribution in [0.5, 0.6) is 0 Å². The van der Waals surface area contributed by atoms with E-state index in [2.05, 4.69) is 93.7 Å². The molecule has 0 heterocycles. The molecule has 0 rings (SSSR count). The molecule has 0 radical (unpaired) electrons. The van der Waals surface area contributed by atoms with E-state index in [0.717, 1.165) is 109 Å². The summed E-state index contributed by atoms with van der Waals surface area (Å²) in [5, 5.41) is 0. The number of esters is 3. The number of ether oxygens (including phenoxy) is 3. The molecule has 0 amide bonds. The van der Waals surface area contributed by atoms with Crippen LogP contribution in [0, 0.1) is 0 Å². The van der Waals surface area contributed by atoms with Crippen LogP contribution in [0.3, 0.4) is 0 Å². The van der Waals surface area contributed by atoms with Gasteiger partial charge in [-0.3, -0.25) is 14.4 Å². The van der Waals surface area contributed by atoms with Crippen LogP contribution in [0.2, 0.25) is 0 Å². The van der Waals surface area contributed by atoms with Crippen molar-refractivity contribution < 1.29 is 28.6 Å². The number of unbranched alkanes of at least 4 members (excludes halogenated alkanes) is 42. The molecule has 0 aromatic heterocycles. The topological polar surface area (TPSA) is 78.9 Å². The Morgan fingerprint density at radius 2 is 0.481 bits per heavy atom. The zero-order valence-electron chi connectivity index (χ0n) is 54.1. The maximum absolute atomic E-state index is 13.0.